The van der Waals surface area contributed by atoms with Gasteiger partial charge in [-0.3, -0.25) is 9.69 Å². The fraction of sp³-hybridized carbons (Fsp3) is 0.474. The summed E-state index contributed by atoms with van der Waals surface area (Å²) in [7, 11) is 2.02. The Bertz CT molecular complexity index is 678. The third kappa shape index (κ3) is 4.82. The topological polar surface area (TPSA) is 52.8 Å². The molecular formula is C19H26N4O2. The van der Waals surface area contributed by atoms with Crippen LogP contribution in [0.3, 0.4) is 0 Å². The molecule has 0 aliphatic carbocycles. The highest BCUT2D eigenvalue weighted by atomic mass is 16.3. The first-order valence-corrected chi connectivity index (χ1v) is 8.79. The van der Waals surface area contributed by atoms with E-state index in [4.69, 9.17) is 4.42 Å². The Morgan fingerprint density at radius 2 is 2.00 bits per heavy atom. The molecule has 0 saturated carbocycles. The predicted molar refractivity (Wildman–Crippen MR) is 97.4 cm³/mol. The maximum atomic E-state index is 12.4. The minimum Gasteiger partial charge on any atom is -0.465 e. The van der Waals surface area contributed by atoms with Crippen molar-refractivity contribution in [3.05, 3.63) is 48.0 Å². The number of aryl methyl sites for hydroxylation is 1. The number of hydrogen-bond acceptors (Lipinski definition) is 5. The Morgan fingerprint density at radius 1 is 1.20 bits per heavy atom. The number of furan rings is 1. The molecule has 1 aliphatic heterocycles. The normalized spacial score (nSPS) is 15.0. The fourth-order valence-corrected chi connectivity index (χ4v) is 3.09. The number of pyridine rings is 1. The van der Waals surface area contributed by atoms with Gasteiger partial charge in [0.1, 0.15) is 17.3 Å². The molecule has 0 aromatic carbocycles. The quantitative estimate of drug-likeness (QED) is 0.805. The van der Waals surface area contributed by atoms with Crippen LogP contribution >= 0.6 is 0 Å². The standard InChI is InChI=1S/C19H26N4O2/c1-16-6-7-17(25-16)15-21(2)10-8-19(24)23-13-11-22(12-14-23)18-5-3-4-9-20-18/h3-7,9H,8,10-15H2,1-2H3. The van der Waals surface area contributed by atoms with Crippen molar-refractivity contribution >= 4 is 11.7 Å². The number of carbonyl (C=O) groups is 1. The summed E-state index contributed by atoms with van der Waals surface area (Å²) in [5.74, 6) is 3.08. The summed E-state index contributed by atoms with van der Waals surface area (Å²) in [5, 5.41) is 0. The molecule has 1 amide bonds. The van der Waals surface area contributed by atoms with Crippen molar-refractivity contribution in [1.82, 2.24) is 14.8 Å². The Labute approximate surface area is 149 Å². The van der Waals surface area contributed by atoms with Crippen molar-refractivity contribution in [2.75, 3.05) is 44.7 Å². The maximum Gasteiger partial charge on any atom is 0.223 e. The fourth-order valence-electron chi connectivity index (χ4n) is 3.09. The van der Waals surface area contributed by atoms with Crippen LogP contribution in [-0.4, -0.2) is 60.5 Å². The van der Waals surface area contributed by atoms with Crippen molar-refractivity contribution in [1.29, 1.82) is 0 Å². The summed E-state index contributed by atoms with van der Waals surface area (Å²) in [6.45, 7) is 6.60. The lowest BCUT2D eigenvalue weighted by molar-refractivity contribution is -0.131. The summed E-state index contributed by atoms with van der Waals surface area (Å²) >= 11 is 0. The van der Waals surface area contributed by atoms with Gasteiger partial charge in [-0.1, -0.05) is 6.07 Å². The zero-order valence-corrected chi connectivity index (χ0v) is 15.0. The summed E-state index contributed by atoms with van der Waals surface area (Å²) in [6.07, 6.45) is 2.35. The highest BCUT2D eigenvalue weighted by Gasteiger charge is 2.21. The second-order valence-electron chi connectivity index (χ2n) is 6.56. The number of amides is 1. The Morgan fingerprint density at radius 3 is 2.64 bits per heavy atom. The molecule has 134 valence electrons. The molecule has 3 rings (SSSR count). The number of anilines is 1. The van der Waals surface area contributed by atoms with Gasteiger partial charge in [0.05, 0.1) is 6.54 Å². The molecule has 6 nitrogen and oxygen atoms in total. The van der Waals surface area contributed by atoms with Crippen molar-refractivity contribution in [2.24, 2.45) is 0 Å². The predicted octanol–water partition coefficient (Wildman–Crippen LogP) is 2.15. The molecule has 1 aliphatic rings. The molecule has 0 N–H and O–H groups in total. The van der Waals surface area contributed by atoms with Crippen molar-refractivity contribution < 1.29 is 9.21 Å². The number of hydrogen-bond donors (Lipinski definition) is 0. The van der Waals surface area contributed by atoms with E-state index in [-0.39, 0.29) is 5.91 Å². The van der Waals surface area contributed by atoms with Gasteiger partial charge in [-0.05, 0) is 38.2 Å². The number of aromatic nitrogens is 1. The van der Waals surface area contributed by atoms with Crippen molar-refractivity contribution in [3.63, 3.8) is 0 Å². The van der Waals surface area contributed by atoms with E-state index in [0.29, 0.717) is 6.42 Å². The Hall–Kier alpha value is -2.34. The van der Waals surface area contributed by atoms with E-state index in [1.54, 1.807) is 0 Å². The summed E-state index contributed by atoms with van der Waals surface area (Å²) in [6, 6.07) is 9.89. The summed E-state index contributed by atoms with van der Waals surface area (Å²) in [4.78, 5) is 23.1. The zero-order chi connectivity index (χ0) is 17.6. The largest absolute Gasteiger partial charge is 0.465 e. The minimum absolute atomic E-state index is 0.225. The lowest BCUT2D eigenvalue weighted by Gasteiger charge is -2.35. The van der Waals surface area contributed by atoms with Gasteiger partial charge in [0.2, 0.25) is 5.91 Å². The van der Waals surface area contributed by atoms with E-state index in [2.05, 4.69) is 14.8 Å². The second-order valence-corrected chi connectivity index (χ2v) is 6.56. The SMILES string of the molecule is Cc1ccc(CN(C)CCC(=O)N2CCN(c3ccccn3)CC2)o1. The van der Waals surface area contributed by atoms with Gasteiger partial charge in [0, 0.05) is 45.3 Å². The first-order valence-electron chi connectivity index (χ1n) is 8.79. The minimum atomic E-state index is 0.225. The molecule has 0 atom stereocenters. The first-order chi connectivity index (χ1) is 12.1. The smallest absolute Gasteiger partial charge is 0.223 e. The molecule has 1 saturated heterocycles. The average molecular weight is 342 g/mol. The van der Waals surface area contributed by atoms with E-state index in [0.717, 1.165) is 56.6 Å². The number of nitrogens with zero attached hydrogens (tertiary/aromatic N) is 4. The molecule has 3 heterocycles. The molecule has 25 heavy (non-hydrogen) atoms. The monoisotopic (exact) mass is 342 g/mol. The summed E-state index contributed by atoms with van der Waals surface area (Å²) in [5.41, 5.74) is 0. The molecule has 6 heteroatoms. The maximum absolute atomic E-state index is 12.4. The van der Waals surface area contributed by atoms with E-state index < -0.39 is 0 Å². The second kappa shape index (κ2) is 8.16. The Kier molecular flexibility index (Phi) is 5.71. The molecule has 2 aromatic heterocycles. The van der Waals surface area contributed by atoms with Crippen LogP contribution in [-0.2, 0) is 11.3 Å². The van der Waals surface area contributed by atoms with Crippen LogP contribution in [0.25, 0.3) is 0 Å². The van der Waals surface area contributed by atoms with E-state index in [1.165, 1.54) is 0 Å². The highest BCUT2D eigenvalue weighted by molar-refractivity contribution is 5.76. The van der Waals surface area contributed by atoms with E-state index in [9.17, 15) is 4.79 Å². The molecule has 0 radical (unpaired) electrons. The average Bonchev–Trinajstić information content (AvgIpc) is 3.05. The lowest BCUT2D eigenvalue weighted by Crippen LogP contribution is -2.49. The van der Waals surface area contributed by atoms with E-state index in [1.807, 2.05) is 55.4 Å². The van der Waals surface area contributed by atoms with Crippen LogP contribution in [0.1, 0.15) is 17.9 Å². The summed E-state index contributed by atoms with van der Waals surface area (Å²) < 4.78 is 5.58. The van der Waals surface area contributed by atoms with Gasteiger partial charge >= 0.3 is 0 Å². The third-order valence-corrected chi connectivity index (χ3v) is 4.53. The Balaban J connectivity index is 1.40. The van der Waals surface area contributed by atoms with Crippen LogP contribution in [0, 0.1) is 6.92 Å². The molecule has 0 unspecified atom stereocenters. The lowest BCUT2D eigenvalue weighted by atomic mass is 10.2. The van der Waals surface area contributed by atoms with Gasteiger partial charge in [-0.15, -0.1) is 0 Å². The van der Waals surface area contributed by atoms with Gasteiger partial charge in [-0.2, -0.15) is 0 Å². The van der Waals surface area contributed by atoms with Gasteiger partial charge < -0.3 is 14.2 Å². The number of rotatable bonds is 6. The van der Waals surface area contributed by atoms with Crippen LogP contribution in [0.4, 0.5) is 5.82 Å². The molecular weight excluding hydrogens is 316 g/mol. The molecule has 0 bridgehead atoms. The molecule has 1 fully saturated rings. The molecule has 0 spiro atoms. The van der Waals surface area contributed by atoms with E-state index >= 15 is 0 Å². The molecule has 2 aromatic rings. The zero-order valence-electron chi connectivity index (χ0n) is 15.0. The van der Waals surface area contributed by atoms with Crippen LogP contribution in [0.15, 0.2) is 40.9 Å². The van der Waals surface area contributed by atoms with Gasteiger partial charge in [-0.25, -0.2) is 4.98 Å². The van der Waals surface area contributed by atoms with Crippen LogP contribution in [0.5, 0.6) is 0 Å². The number of carbonyl (C=O) groups excluding carboxylic acids is 1. The first kappa shape index (κ1) is 17.5. The van der Waals surface area contributed by atoms with Crippen LogP contribution in [0.2, 0.25) is 0 Å². The van der Waals surface area contributed by atoms with Crippen molar-refractivity contribution in [3.8, 4) is 0 Å². The highest BCUT2D eigenvalue weighted by Crippen LogP contribution is 2.13. The van der Waals surface area contributed by atoms with Crippen LogP contribution < -0.4 is 4.90 Å². The third-order valence-electron chi connectivity index (χ3n) is 4.53. The van der Waals surface area contributed by atoms with Gasteiger partial charge in [0.25, 0.3) is 0 Å². The van der Waals surface area contributed by atoms with Gasteiger partial charge in [0.15, 0.2) is 0 Å². The number of piperazine rings is 1. The van der Waals surface area contributed by atoms with Crippen molar-refractivity contribution in [2.45, 2.75) is 19.9 Å².